The van der Waals surface area contributed by atoms with Gasteiger partial charge in [0.15, 0.2) is 5.58 Å². The molecule has 0 saturated heterocycles. The van der Waals surface area contributed by atoms with Crippen LogP contribution in [0.2, 0.25) is 10.0 Å². The molecular formula is C19H16Cl2N2O8S. The van der Waals surface area contributed by atoms with Crippen molar-refractivity contribution < 1.29 is 33.5 Å². The number of hydrogen-bond acceptors (Lipinski definition) is 9. The number of aromatic amines is 1. The second-order valence-corrected chi connectivity index (χ2v) is 7.11. The third-order valence-corrected chi connectivity index (χ3v) is 4.35. The highest BCUT2D eigenvalue weighted by Gasteiger charge is 2.23. The first-order valence-electron chi connectivity index (χ1n) is 8.92. The van der Waals surface area contributed by atoms with Crippen LogP contribution in [0.1, 0.15) is 34.6 Å². The fourth-order valence-corrected chi connectivity index (χ4v) is 3.10. The first kappa shape index (κ1) is 25.1. The number of nitrogens with one attached hydrogen (secondary N) is 1. The summed E-state index contributed by atoms with van der Waals surface area (Å²) in [7, 11) is 0. The zero-order valence-corrected chi connectivity index (χ0v) is 19.0. The number of nitro groups is 1. The third-order valence-electron chi connectivity index (χ3n) is 3.73. The Hall–Kier alpha value is -3.15. The molecule has 0 saturated carbocycles. The van der Waals surface area contributed by atoms with E-state index >= 15 is 0 Å². The van der Waals surface area contributed by atoms with Gasteiger partial charge in [0.2, 0.25) is 5.75 Å². The fraction of sp³-hybridized carbons (Fsp3) is 0.211. The maximum atomic E-state index is 11.6. The number of phenols is 1. The zero-order valence-electron chi connectivity index (χ0n) is 16.6. The van der Waals surface area contributed by atoms with Gasteiger partial charge in [-0.1, -0.05) is 23.2 Å². The number of aromatic hydroxyl groups is 1. The average molecular weight is 503 g/mol. The van der Waals surface area contributed by atoms with Crippen molar-refractivity contribution in [1.82, 2.24) is 4.98 Å². The van der Waals surface area contributed by atoms with Gasteiger partial charge in [-0.25, -0.2) is 9.59 Å². The Kier molecular flexibility index (Phi) is 8.58. The van der Waals surface area contributed by atoms with E-state index in [0.29, 0.717) is 16.1 Å². The summed E-state index contributed by atoms with van der Waals surface area (Å²) in [5.41, 5.74) is 0.279. The average Bonchev–Trinajstić information content (AvgIpc) is 3.09. The van der Waals surface area contributed by atoms with Gasteiger partial charge in [0.05, 0.1) is 23.7 Å². The Morgan fingerprint density at radius 2 is 1.62 bits per heavy atom. The van der Waals surface area contributed by atoms with E-state index in [1.807, 2.05) is 0 Å². The number of benzene rings is 2. The normalized spacial score (nSPS) is 10.2. The first-order valence-corrected chi connectivity index (χ1v) is 10.1. The second-order valence-electron chi connectivity index (χ2n) is 5.86. The lowest BCUT2D eigenvalue weighted by atomic mass is 10.1. The maximum absolute atomic E-state index is 11.6. The molecule has 0 aliphatic heterocycles. The van der Waals surface area contributed by atoms with Crippen LogP contribution in [0.5, 0.6) is 5.75 Å². The minimum Gasteiger partial charge on any atom is -0.501 e. The van der Waals surface area contributed by atoms with Crippen molar-refractivity contribution in [3.63, 3.8) is 0 Å². The molecule has 3 aromatic rings. The van der Waals surface area contributed by atoms with Crippen molar-refractivity contribution in [1.29, 1.82) is 0 Å². The van der Waals surface area contributed by atoms with Crippen molar-refractivity contribution in [2.24, 2.45) is 0 Å². The molecule has 32 heavy (non-hydrogen) atoms. The number of fused-ring (bicyclic) bond motifs is 1. The van der Waals surface area contributed by atoms with Crippen LogP contribution in [0.25, 0.3) is 11.1 Å². The number of H-pyrrole nitrogens is 1. The van der Waals surface area contributed by atoms with Gasteiger partial charge in [-0.3, -0.25) is 10.1 Å². The van der Waals surface area contributed by atoms with E-state index in [4.69, 9.17) is 44.6 Å². The number of hydrogen-bond donors (Lipinski definition) is 2. The lowest BCUT2D eigenvalue weighted by Crippen LogP contribution is -2.06. The molecule has 0 spiro atoms. The van der Waals surface area contributed by atoms with Crippen LogP contribution in [0.3, 0.4) is 0 Å². The molecular weight excluding hydrogens is 487 g/mol. The number of nitro benzene ring substituents is 1. The smallest absolute Gasteiger partial charge is 0.342 e. The highest BCUT2D eigenvalue weighted by Crippen LogP contribution is 2.33. The number of halogens is 2. The molecule has 1 aromatic heterocycles. The Morgan fingerprint density at radius 3 is 2.19 bits per heavy atom. The second kappa shape index (κ2) is 10.9. The Balaban J connectivity index is 0.000000227. The molecule has 0 aliphatic carbocycles. The summed E-state index contributed by atoms with van der Waals surface area (Å²) in [4.78, 5) is 35.7. The van der Waals surface area contributed by atoms with Crippen LogP contribution < -0.4 is 0 Å². The number of ether oxygens (including phenoxy) is 2. The van der Waals surface area contributed by atoms with E-state index in [0.717, 1.165) is 12.1 Å². The summed E-state index contributed by atoms with van der Waals surface area (Å²) in [5, 5.41) is 20.4. The zero-order chi connectivity index (χ0) is 24.0. The minimum absolute atomic E-state index is 0.0208. The van der Waals surface area contributed by atoms with Gasteiger partial charge in [-0.15, -0.1) is 0 Å². The van der Waals surface area contributed by atoms with E-state index in [2.05, 4.69) is 9.72 Å². The number of oxazole rings is 1. The molecule has 3 rings (SSSR count). The summed E-state index contributed by atoms with van der Waals surface area (Å²) in [6, 6.07) is 5.20. The number of phenolic OH excluding ortho intramolecular Hbond substituents is 1. The van der Waals surface area contributed by atoms with E-state index in [9.17, 15) is 24.8 Å². The fourth-order valence-electron chi connectivity index (χ4n) is 2.47. The number of carbonyl (C=O) groups excluding carboxylic acids is 2. The summed E-state index contributed by atoms with van der Waals surface area (Å²) >= 11 is 16.3. The molecule has 10 nitrogen and oxygen atoms in total. The van der Waals surface area contributed by atoms with Crippen molar-refractivity contribution in [3.05, 3.63) is 60.4 Å². The standard InChI is InChI=1S/C10H8ClNO3S.C9H8ClNO5/c1-2-14-9(13)6-3-5(11)4-7-8(6)15-10(16)12-7;1-2-16-9(13)6-3-5(10)4-7(8(6)12)11(14)15/h3-4H,2H2,1H3,(H,12,16);3-4,12H,2H2,1H3. The van der Waals surface area contributed by atoms with Crippen LogP contribution >= 0.6 is 35.4 Å². The van der Waals surface area contributed by atoms with Crippen molar-refractivity contribution in [3.8, 4) is 5.75 Å². The number of rotatable bonds is 5. The van der Waals surface area contributed by atoms with Gasteiger partial charge in [-0.05, 0) is 44.3 Å². The third kappa shape index (κ3) is 5.96. The lowest BCUT2D eigenvalue weighted by molar-refractivity contribution is -0.385. The van der Waals surface area contributed by atoms with E-state index in [1.165, 1.54) is 6.07 Å². The summed E-state index contributed by atoms with van der Waals surface area (Å²) in [6.45, 7) is 3.69. The molecule has 0 aliphatic rings. The molecule has 0 unspecified atom stereocenters. The topological polar surface area (TPSA) is 145 Å². The van der Waals surface area contributed by atoms with Gasteiger partial charge in [0, 0.05) is 16.1 Å². The van der Waals surface area contributed by atoms with Crippen molar-refractivity contribution in [2.75, 3.05) is 13.2 Å². The molecule has 0 atom stereocenters. The molecule has 0 radical (unpaired) electrons. The van der Waals surface area contributed by atoms with Crippen molar-refractivity contribution in [2.45, 2.75) is 13.8 Å². The highest BCUT2D eigenvalue weighted by atomic mass is 35.5. The summed E-state index contributed by atoms with van der Waals surface area (Å²) in [6.07, 6.45) is 0. The van der Waals surface area contributed by atoms with E-state index in [-0.39, 0.29) is 34.2 Å². The molecule has 13 heteroatoms. The van der Waals surface area contributed by atoms with Gasteiger partial charge in [0.1, 0.15) is 11.1 Å². The molecule has 2 aromatic carbocycles. The molecule has 0 amide bonds. The lowest BCUT2D eigenvalue weighted by Gasteiger charge is -2.05. The van der Waals surface area contributed by atoms with E-state index in [1.54, 1.807) is 19.9 Å². The first-order chi connectivity index (χ1) is 15.1. The monoisotopic (exact) mass is 502 g/mol. The predicted octanol–water partition coefficient (Wildman–Crippen LogP) is 5.45. The minimum atomic E-state index is -0.856. The largest absolute Gasteiger partial charge is 0.501 e. The van der Waals surface area contributed by atoms with Crippen LogP contribution in [0.4, 0.5) is 5.69 Å². The van der Waals surface area contributed by atoms with Gasteiger partial charge in [-0.2, -0.15) is 0 Å². The van der Waals surface area contributed by atoms with Gasteiger partial charge < -0.3 is 24.0 Å². The van der Waals surface area contributed by atoms with Crippen LogP contribution in [-0.2, 0) is 9.47 Å². The summed E-state index contributed by atoms with van der Waals surface area (Å²) in [5.74, 6) is -2.08. The van der Waals surface area contributed by atoms with E-state index < -0.39 is 28.3 Å². The van der Waals surface area contributed by atoms with Gasteiger partial charge >= 0.3 is 17.6 Å². The summed E-state index contributed by atoms with van der Waals surface area (Å²) < 4.78 is 14.7. The molecule has 0 fully saturated rings. The molecule has 1 heterocycles. The number of carbonyl (C=O) groups is 2. The number of esters is 2. The highest BCUT2D eigenvalue weighted by molar-refractivity contribution is 7.71. The molecule has 170 valence electrons. The van der Waals surface area contributed by atoms with Gasteiger partial charge in [0.25, 0.3) is 4.84 Å². The SMILES string of the molecule is CCOC(=O)c1cc(Cl)cc([N+](=O)[O-])c1O.CCOC(=O)c1cc(Cl)cc2[nH]c(=S)oc12. The number of nitrogens with zero attached hydrogens (tertiary/aromatic N) is 1. The Labute approximate surface area is 195 Å². The van der Waals surface area contributed by atoms with Crippen molar-refractivity contribution >= 4 is 64.1 Å². The Bertz CT molecular complexity index is 1240. The quantitative estimate of drug-likeness (QED) is 0.201. The van der Waals surface area contributed by atoms with Crippen LogP contribution in [-0.4, -0.2) is 40.2 Å². The predicted molar refractivity (Wildman–Crippen MR) is 118 cm³/mol. The number of aromatic nitrogens is 1. The van der Waals surface area contributed by atoms with Crippen LogP contribution in [0, 0.1) is 15.0 Å². The molecule has 0 bridgehead atoms. The molecule has 2 N–H and O–H groups in total. The van der Waals surface area contributed by atoms with Crippen LogP contribution in [0.15, 0.2) is 28.7 Å². The Morgan fingerprint density at radius 1 is 1.09 bits per heavy atom. The maximum Gasteiger partial charge on any atom is 0.342 e.